The third-order valence-corrected chi connectivity index (χ3v) is 3.36. The van der Waals surface area contributed by atoms with Gasteiger partial charge in [0.1, 0.15) is 12.0 Å². The number of ether oxygens (including phenoxy) is 1. The molecule has 0 amide bonds. The lowest BCUT2D eigenvalue weighted by Gasteiger charge is -2.20. The highest BCUT2D eigenvalue weighted by atomic mass is 35.5. The minimum atomic E-state index is -0.517. The lowest BCUT2D eigenvalue weighted by molar-refractivity contribution is -0.385. The zero-order valence-electron chi connectivity index (χ0n) is 9.93. The molecule has 0 radical (unpaired) electrons. The number of nitrogens with zero attached hydrogens (tertiary/aromatic N) is 2. The van der Waals surface area contributed by atoms with Crippen LogP contribution in [0, 0.1) is 16.0 Å². The zero-order valence-corrected chi connectivity index (χ0v) is 10.7. The summed E-state index contributed by atoms with van der Waals surface area (Å²) >= 11 is 5.96. The molecule has 2 atom stereocenters. The molecule has 98 valence electrons. The van der Waals surface area contributed by atoms with Gasteiger partial charge in [0, 0.05) is 24.6 Å². The highest BCUT2D eigenvalue weighted by molar-refractivity contribution is 6.33. The largest absolute Gasteiger partial charge is 0.381 e. The van der Waals surface area contributed by atoms with Gasteiger partial charge in [-0.25, -0.2) is 4.98 Å². The lowest BCUT2D eigenvalue weighted by Crippen LogP contribution is -2.26. The summed E-state index contributed by atoms with van der Waals surface area (Å²) in [6.07, 6.45) is 2.20. The summed E-state index contributed by atoms with van der Waals surface area (Å²) in [6.45, 7) is 3.52. The summed E-state index contributed by atoms with van der Waals surface area (Å²) in [6, 6.07) is 1.47. The maximum atomic E-state index is 10.6. The number of anilines is 1. The number of pyridine rings is 1. The molecular formula is C11H14ClN3O3. The van der Waals surface area contributed by atoms with Crippen molar-refractivity contribution >= 4 is 23.1 Å². The molecule has 7 heteroatoms. The van der Waals surface area contributed by atoms with E-state index in [1.807, 2.05) is 6.92 Å². The predicted octanol–water partition coefficient (Wildman–Crippen LogP) is 2.48. The van der Waals surface area contributed by atoms with E-state index < -0.39 is 4.92 Å². The van der Waals surface area contributed by atoms with Gasteiger partial charge in [-0.15, -0.1) is 0 Å². The molecule has 1 aromatic heterocycles. The van der Waals surface area contributed by atoms with Gasteiger partial charge in [-0.05, 0) is 13.3 Å². The van der Waals surface area contributed by atoms with Gasteiger partial charge in [0.15, 0.2) is 0 Å². The van der Waals surface area contributed by atoms with Crippen LogP contribution in [0.4, 0.5) is 11.5 Å². The molecule has 1 N–H and O–H groups in total. The molecule has 0 bridgehead atoms. The Hall–Kier alpha value is -1.40. The molecule has 0 saturated carbocycles. The topological polar surface area (TPSA) is 77.3 Å². The molecule has 1 fully saturated rings. The summed E-state index contributed by atoms with van der Waals surface area (Å²) in [7, 11) is 0. The van der Waals surface area contributed by atoms with E-state index in [1.165, 1.54) is 12.3 Å². The van der Waals surface area contributed by atoms with Crippen molar-refractivity contribution in [1.82, 2.24) is 4.98 Å². The van der Waals surface area contributed by atoms with Crippen LogP contribution < -0.4 is 5.32 Å². The van der Waals surface area contributed by atoms with Crippen molar-refractivity contribution in [1.29, 1.82) is 0 Å². The first kappa shape index (κ1) is 13.0. The highest BCUT2D eigenvalue weighted by Crippen LogP contribution is 2.26. The Morgan fingerprint density at radius 1 is 1.72 bits per heavy atom. The quantitative estimate of drug-likeness (QED) is 0.672. The Balaban J connectivity index is 2.06. The molecule has 1 aromatic rings. The number of hydrogen-bond donors (Lipinski definition) is 1. The first-order valence-electron chi connectivity index (χ1n) is 5.72. The molecule has 2 rings (SSSR count). The minimum absolute atomic E-state index is 0.109. The molecule has 1 aliphatic heterocycles. The Labute approximate surface area is 109 Å². The Kier molecular flexibility index (Phi) is 3.98. The van der Waals surface area contributed by atoms with Crippen molar-refractivity contribution in [3.05, 3.63) is 27.4 Å². The van der Waals surface area contributed by atoms with Crippen molar-refractivity contribution in [2.75, 3.05) is 18.5 Å². The van der Waals surface area contributed by atoms with E-state index in [9.17, 15) is 10.1 Å². The second-order valence-electron chi connectivity index (χ2n) is 4.34. The molecule has 0 spiro atoms. The van der Waals surface area contributed by atoms with Gasteiger partial charge in [-0.1, -0.05) is 11.6 Å². The predicted molar refractivity (Wildman–Crippen MR) is 67.9 cm³/mol. The summed E-state index contributed by atoms with van der Waals surface area (Å²) in [4.78, 5) is 14.0. The molecule has 18 heavy (non-hydrogen) atoms. The molecule has 1 saturated heterocycles. The van der Waals surface area contributed by atoms with Crippen LogP contribution in [-0.2, 0) is 4.74 Å². The van der Waals surface area contributed by atoms with Crippen molar-refractivity contribution < 1.29 is 9.66 Å². The molecule has 0 aliphatic carbocycles. The first-order chi connectivity index (χ1) is 8.58. The lowest BCUT2D eigenvalue weighted by atomic mass is 10.0. The minimum Gasteiger partial charge on any atom is -0.381 e. The molecular weight excluding hydrogens is 258 g/mol. The number of nitro groups is 1. The van der Waals surface area contributed by atoms with Crippen LogP contribution in [0.3, 0.4) is 0 Å². The average molecular weight is 272 g/mol. The first-order valence-corrected chi connectivity index (χ1v) is 6.10. The number of aromatic nitrogens is 1. The van der Waals surface area contributed by atoms with E-state index in [0.717, 1.165) is 19.6 Å². The highest BCUT2D eigenvalue weighted by Gasteiger charge is 2.23. The van der Waals surface area contributed by atoms with E-state index in [2.05, 4.69) is 10.3 Å². The Bertz CT molecular complexity index is 449. The Morgan fingerprint density at radius 3 is 3.06 bits per heavy atom. The van der Waals surface area contributed by atoms with Crippen LogP contribution >= 0.6 is 11.6 Å². The van der Waals surface area contributed by atoms with E-state index in [1.54, 1.807) is 0 Å². The molecule has 0 aromatic carbocycles. The third kappa shape index (κ3) is 2.88. The van der Waals surface area contributed by atoms with Gasteiger partial charge >= 0.3 is 0 Å². The fraction of sp³-hybridized carbons (Fsp3) is 0.545. The van der Waals surface area contributed by atoms with Crippen LogP contribution in [-0.4, -0.2) is 29.2 Å². The van der Waals surface area contributed by atoms with Crippen molar-refractivity contribution in [3.8, 4) is 0 Å². The van der Waals surface area contributed by atoms with Gasteiger partial charge in [0.05, 0.1) is 16.6 Å². The van der Waals surface area contributed by atoms with E-state index in [4.69, 9.17) is 16.3 Å². The fourth-order valence-electron chi connectivity index (χ4n) is 1.91. The smallest absolute Gasteiger partial charge is 0.289 e. The number of hydrogen-bond acceptors (Lipinski definition) is 5. The van der Waals surface area contributed by atoms with Gasteiger partial charge in [-0.2, -0.15) is 0 Å². The van der Waals surface area contributed by atoms with Crippen LogP contribution in [0.1, 0.15) is 13.3 Å². The Morgan fingerprint density at radius 2 is 2.50 bits per heavy atom. The summed E-state index contributed by atoms with van der Waals surface area (Å²) in [5, 5.41) is 14.0. The van der Waals surface area contributed by atoms with Crippen LogP contribution in [0.15, 0.2) is 12.3 Å². The normalized spacial score (nSPS) is 20.7. The fourth-order valence-corrected chi connectivity index (χ4v) is 2.13. The van der Waals surface area contributed by atoms with E-state index >= 15 is 0 Å². The summed E-state index contributed by atoms with van der Waals surface area (Å²) in [5.74, 6) is 0.889. The second kappa shape index (κ2) is 5.49. The third-order valence-electron chi connectivity index (χ3n) is 3.07. The van der Waals surface area contributed by atoms with Gasteiger partial charge < -0.3 is 10.1 Å². The number of nitrogens with one attached hydrogen (secondary N) is 1. The van der Waals surface area contributed by atoms with Crippen LogP contribution in [0.25, 0.3) is 0 Å². The van der Waals surface area contributed by atoms with Gasteiger partial charge in [-0.3, -0.25) is 10.1 Å². The van der Waals surface area contributed by atoms with Crippen molar-refractivity contribution in [2.24, 2.45) is 5.92 Å². The summed E-state index contributed by atoms with van der Waals surface area (Å²) < 4.78 is 5.31. The monoisotopic (exact) mass is 271 g/mol. The standard InChI is InChI=1S/C11H14ClN3O3/c1-7(8-2-3-18-6-8)14-11-10(12)4-9(5-13-11)15(16)17/h4-5,7-8H,2-3,6H2,1H3,(H,13,14). The second-order valence-corrected chi connectivity index (χ2v) is 4.74. The molecule has 2 unspecified atom stereocenters. The maximum absolute atomic E-state index is 10.6. The van der Waals surface area contributed by atoms with Crippen molar-refractivity contribution in [2.45, 2.75) is 19.4 Å². The van der Waals surface area contributed by atoms with E-state index in [-0.39, 0.29) is 16.8 Å². The maximum Gasteiger partial charge on any atom is 0.289 e. The van der Waals surface area contributed by atoms with Crippen LogP contribution in [0.5, 0.6) is 0 Å². The van der Waals surface area contributed by atoms with E-state index in [0.29, 0.717) is 11.7 Å². The van der Waals surface area contributed by atoms with Gasteiger partial charge in [0.2, 0.25) is 0 Å². The molecule has 6 nitrogen and oxygen atoms in total. The number of halogens is 1. The summed E-state index contributed by atoms with van der Waals surface area (Å²) in [5.41, 5.74) is -0.109. The SMILES string of the molecule is CC(Nc1ncc([N+](=O)[O-])cc1Cl)C1CCOC1. The van der Waals surface area contributed by atoms with Crippen LogP contribution in [0.2, 0.25) is 5.02 Å². The number of rotatable bonds is 4. The van der Waals surface area contributed by atoms with Gasteiger partial charge in [0.25, 0.3) is 5.69 Å². The molecule has 2 heterocycles. The van der Waals surface area contributed by atoms with Crippen molar-refractivity contribution in [3.63, 3.8) is 0 Å². The zero-order chi connectivity index (χ0) is 13.1. The average Bonchev–Trinajstić information content (AvgIpc) is 2.85. The molecule has 1 aliphatic rings.